The van der Waals surface area contributed by atoms with Gasteiger partial charge in [0.15, 0.2) is 0 Å². The summed E-state index contributed by atoms with van der Waals surface area (Å²) in [7, 11) is -3.76. The molecule has 0 radical (unpaired) electrons. The van der Waals surface area contributed by atoms with E-state index < -0.39 is 21.6 Å². The molecule has 0 bridgehead atoms. The Morgan fingerprint density at radius 1 is 1.10 bits per heavy atom. The van der Waals surface area contributed by atoms with Gasteiger partial charge in [-0.25, -0.2) is 17.1 Å². The summed E-state index contributed by atoms with van der Waals surface area (Å²) in [6.07, 6.45) is 0.703. The zero-order valence-corrected chi connectivity index (χ0v) is 18.3. The van der Waals surface area contributed by atoms with Crippen molar-refractivity contribution in [2.24, 2.45) is 5.92 Å². The second-order valence-corrected chi connectivity index (χ2v) is 10.0. The Balaban J connectivity index is 1.61. The van der Waals surface area contributed by atoms with E-state index in [-0.39, 0.29) is 35.5 Å². The van der Waals surface area contributed by atoms with Crippen LogP contribution in [0.25, 0.3) is 0 Å². The topological polar surface area (TPSA) is 66.5 Å². The van der Waals surface area contributed by atoms with Gasteiger partial charge in [-0.15, -0.1) is 0 Å². The second-order valence-electron chi connectivity index (χ2n) is 6.78. The van der Waals surface area contributed by atoms with Gasteiger partial charge in [-0.05, 0) is 43.2 Å². The van der Waals surface area contributed by atoms with Crippen molar-refractivity contribution in [1.29, 1.82) is 0 Å². The van der Waals surface area contributed by atoms with Gasteiger partial charge < -0.3 is 5.32 Å². The van der Waals surface area contributed by atoms with Crippen LogP contribution in [0.4, 0.5) is 10.1 Å². The predicted octanol–water partition coefficient (Wildman–Crippen LogP) is 4.97. The lowest BCUT2D eigenvalue weighted by Gasteiger charge is -2.30. The van der Waals surface area contributed by atoms with Gasteiger partial charge in [0, 0.05) is 45.3 Å². The highest BCUT2D eigenvalue weighted by Gasteiger charge is 2.32. The molecule has 1 heterocycles. The van der Waals surface area contributed by atoms with Gasteiger partial charge in [0.05, 0.1) is 5.75 Å². The number of piperidine rings is 1. The molecule has 5 nitrogen and oxygen atoms in total. The highest BCUT2D eigenvalue weighted by Crippen LogP contribution is 2.27. The van der Waals surface area contributed by atoms with Gasteiger partial charge in [-0.2, -0.15) is 0 Å². The predicted molar refractivity (Wildman–Crippen MR) is 113 cm³/mol. The number of anilines is 1. The van der Waals surface area contributed by atoms with Crippen LogP contribution in [0.1, 0.15) is 18.4 Å². The lowest BCUT2D eigenvalue weighted by atomic mass is 9.97. The molecule has 1 aliphatic rings. The van der Waals surface area contributed by atoms with Gasteiger partial charge in [0.25, 0.3) is 0 Å². The molecule has 0 saturated carbocycles. The summed E-state index contributed by atoms with van der Waals surface area (Å²) in [4.78, 5) is 12.5. The fraction of sp³-hybridized carbons (Fsp3) is 0.316. The Kier molecular flexibility index (Phi) is 7.06. The van der Waals surface area contributed by atoms with Crippen LogP contribution in [0.5, 0.6) is 0 Å². The Labute approximate surface area is 183 Å². The molecule has 156 valence electrons. The van der Waals surface area contributed by atoms with Crippen LogP contribution in [-0.2, 0) is 20.6 Å². The van der Waals surface area contributed by atoms with Crippen LogP contribution < -0.4 is 5.32 Å². The molecule has 1 amide bonds. The van der Waals surface area contributed by atoms with E-state index in [0.717, 1.165) is 0 Å². The van der Waals surface area contributed by atoms with Gasteiger partial charge in [-0.1, -0.05) is 40.9 Å². The van der Waals surface area contributed by atoms with E-state index in [4.69, 9.17) is 34.8 Å². The number of halogens is 4. The third-order valence-electron chi connectivity index (χ3n) is 4.74. The SMILES string of the molecule is O=C(Nc1cc(Cl)cc(Cl)c1)C1CCN(S(=O)(=O)Cc2c(F)cccc2Cl)CC1. The van der Waals surface area contributed by atoms with Gasteiger partial charge in [-0.3, -0.25) is 4.79 Å². The van der Waals surface area contributed by atoms with E-state index in [1.165, 1.54) is 22.5 Å². The van der Waals surface area contributed by atoms with E-state index in [1.807, 2.05) is 0 Å². The van der Waals surface area contributed by atoms with Crippen molar-refractivity contribution in [2.45, 2.75) is 18.6 Å². The standard InChI is InChI=1S/C19H18Cl3FN2O3S/c20-13-8-14(21)10-15(9-13)24-19(26)12-4-6-25(7-5-12)29(27,28)11-16-17(22)2-1-3-18(16)23/h1-3,8-10,12H,4-7,11H2,(H,24,26). The van der Waals surface area contributed by atoms with Crippen LogP contribution in [0.15, 0.2) is 36.4 Å². The maximum Gasteiger partial charge on any atom is 0.227 e. The molecule has 1 aliphatic heterocycles. The molecular weight excluding hydrogens is 462 g/mol. The number of carbonyl (C=O) groups is 1. The lowest BCUT2D eigenvalue weighted by Crippen LogP contribution is -2.42. The van der Waals surface area contributed by atoms with E-state index in [1.54, 1.807) is 18.2 Å². The van der Waals surface area contributed by atoms with E-state index in [2.05, 4.69) is 5.32 Å². The zero-order valence-electron chi connectivity index (χ0n) is 15.2. The number of amides is 1. The number of hydrogen-bond donors (Lipinski definition) is 1. The summed E-state index contributed by atoms with van der Waals surface area (Å²) in [5.41, 5.74) is 0.434. The summed E-state index contributed by atoms with van der Waals surface area (Å²) in [6, 6.07) is 8.78. The van der Waals surface area contributed by atoms with E-state index >= 15 is 0 Å². The number of sulfonamides is 1. The molecule has 29 heavy (non-hydrogen) atoms. The summed E-state index contributed by atoms with van der Waals surface area (Å²) in [5, 5.41) is 3.64. The number of nitrogens with one attached hydrogen (secondary N) is 1. The van der Waals surface area contributed by atoms with Crippen LogP contribution in [0.2, 0.25) is 15.1 Å². The molecule has 0 spiro atoms. The largest absolute Gasteiger partial charge is 0.326 e. The molecule has 1 fully saturated rings. The van der Waals surface area contributed by atoms with Gasteiger partial charge in [0.2, 0.25) is 15.9 Å². The highest BCUT2D eigenvalue weighted by atomic mass is 35.5. The number of nitrogens with zero attached hydrogens (tertiary/aromatic N) is 1. The summed E-state index contributed by atoms with van der Waals surface area (Å²) < 4.78 is 40.6. The molecule has 10 heteroatoms. The highest BCUT2D eigenvalue weighted by molar-refractivity contribution is 7.88. The number of hydrogen-bond acceptors (Lipinski definition) is 3. The van der Waals surface area contributed by atoms with E-state index in [0.29, 0.717) is 28.6 Å². The number of carbonyl (C=O) groups excluding carboxylic acids is 1. The van der Waals surface area contributed by atoms with Crippen molar-refractivity contribution in [3.8, 4) is 0 Å². The molecule has 3 rings (SSSR count). The first-order chi connectivity index (χ1) is 13.7. The Morgan fingerprint density at radius 2 is 1.72 bits per heavy atom. The van der Waals surface area contributed by atoms with Gasteiger partial charge >= 0.3 is 0 Å². The molecule has 2 aromatic carbocycles. The van der Waals surface area contributed by atoms with Crippen molar-refractivity contribution in [2.75, 3.05) is 18.4 Å². The number of benzene rings is 2. The molecule has 2 aromatic rings. The molecule has 0 unspecified atom stereocenters. The molecule has 1 saturated heterocycles. The average molecular weight is 480 g/mol. The lowest BCUT2D eigenvalue weighted by molar-refractivity contribution is -0.120. The minimum Gasteiger partial charge on any atom is -0.326 e. The summed E-state index contributed by atoms with van der Waals surface area (Å²) >= 11 is 17.8. The monoisotopic (exact) mass is 478 g/mol. The fourth-order valence-corrected chi connectivity index (χ4v) is 5.65. The number of rotatable bonds is 5. The maximum atomic E-state index is 13.9. The minimum atomic E-state index is -3.76. The van der Waals surface area contributed by atoms with Crippen molar-refractivity contribution in [1.82, 2.24) is 4.31 Å². The van der Waals surface area contributed by atoms with Crippen LogP contribution >= 0.6 is 34.8 Å². The quantitative estimate of drug-likeness (QED) is 0.659. The smallest absolute Gasteiger partial charge is 0.227 e. The Bertz CT molecular complexity index is 985. The molecule has 0 aliphatic carbocycles. The summed E-state index contributed by atoms with van der Waals surface area (Å²) in [5.74, 6) is -1.75. The van der Waals surface area contributed by atoms with Gasteiger partial charge in [0.1, 0.15) is 5.82 Å². The third kappa shape index (κ3) is 5.61. The molecule has 1 N–H and O–H groups in total. The Hall–Kier alpha value is -1.38. The Morgan fingerprint density at radius 3 is 2.31 bits per heavy atom. The first-order valence-electron chi connectivity index (χ1n) is 8.83. The van der Waals surface area contributed by atoms with Crippen molar-refractivity contribution in [3.63, 3.8) is 0 Å². The first kappa shape index (κ1) is 22.3. The third-order valence-corrected chi connectivity index (χ3v) is 7.33. The summed E-state index contributed by atoms with van der Waals surface area (Å²) in [6.45, 7) is 0.339. The van der Waals surface area contributed by atoms with Crippen molar-refractivity contribution in [3.05, 3.63) is 62.8 Å². The minimum absolute atomic E-state index is 0.0492. The average Bonchev–Trinajstić information content (AvgIpc) is 2.64. The van der Waals surface area contributed by atoms with E-state index in [9.17, 15) is 17.6 Å². The van der Waals surface area contributed by atoms with Crippen molar-refractivity contribution < 1.29 is 17.6 Å². The van der Waals surface area contributed by atoms with Crippen LogP contribution in [-0.4, -0.2) is 31.7 Å². The fourth-order valence-electron chi connectivity index (χ4n) is 3.21. The van der Waals surface area contributed by atoms with Crippen LogP contribution in [0.3, 0.4) is 0 Å². The zero-order chi connectivity index (χ0) is 21.2. The molecule has 0 aromatic heterocycles. The first-order valence-corrected chi connectivity index (χ1v) is 11.6. The maximum absolute atomic E-state index is 13.9. The van der Waals surface area contributed by atoms with Crippen molar-refractivity contribution >= 4 is 56.4 Å². The second kappa shape index (κ2) is 9.18. The molecular formula is C19H18Cl3FN2O3S. The van der Waals surface area contributed by atoms with Crippen LogP contribution in [0, 0.1) is 11.7 Å². The normalized spacial score (nSPS) is 16.0. The molecule has 0 atom stereocenters.